The summed E-state index contributed by atoms with van der Waals surface area (Å²) in [7, 11) is 0. The quantitative estimate of drug-likeness (QED) is 0.593. The van der Waals surface area contributed by atoms with Gasteiger partial charge in [0.25, 0.3) is 0 Å². The van der Waals surface area contributed by atoms with Gasteiger partial charge in [-0.3, -0.25) is 0 Å². The third kappa shape index (κ3) is 5.77. The number of benzene rings is 1. The van der Waals surface area contributed by atoms with Crippen LogP contribution in [0.2, 0.25) is 0 Å². The lowest BCUT2D eigenvalue weighted by molar-refractivity contribution is 0.182. The van der Waals surface area contributed by atoms with E-state index in [0.717, 1.165) is 16.9 Å². The lowest BCUT2D eigenvalue weighted by atomic mass is 10.1. The fourth-order valence-corrected chi connectivity index (χ4v) is 1.48. The molecule has 0 radical (unpaired) electrons. The van der Waals surface area contributed by atoms with Gasteiger partial charge in [0.05, 0.1) is 6.26 Å². The number of furan rings is 1. The second kappa shape index (κ2) is 9.89. The highest BCUT2D eigenvalue weighted by molar-refractivity contribution is 5.60. The van der Waals surface area contributed by atoms with Gasteiger partial charge in [-0.1, -0.05) is 44.2 Å². The lowest BCUT2D eigenvalue weighted by Gasteiger charge is -1.97. The van der Waals surface area contributed by atoms with Gasteiger partial charge in [0, 0.05) is 17.7 Å². The Balaban J connectivity index is 0.000000612. The number of hydrogen-bond acceptors (Lipinski definition) is 2. The molecule has 2 heteroatoms. The minimum absolute atomic E-state index is 0.474. The van der Waals surface area contributed by atoms with Crippen LogP contribution in [-0.2, 0) is 4.74 Å². The second-order valence-corrected chi connectivity index (χ2v) is 4.20. The Hall–Kier alpha value is -1.98. The Labute approximate surface area is 121 Å². The fraction of sp³-hybridized carbons (Fsp3) is 0.333. The van der Waals surface area contributed by atoms with E-state index in [2.05, 4.69) is 25.7 Å². The van der Waals surface area contributed by atoms with Crippen LogP contribution in [0.4, 0.5) is 0 Å². The molecule has 106 valence electrons. The zero-order valence-corrected chi connectivity index (χ0v) is 12.5. The molecule has 0 amide bonds. The van der Waals surface area contributed by atoms with E-state index < -0.39 is 0 Å². The van der Waals surface area contributed by atoms with Crippen molar-refractivity contribution in [3.63, 3.8) is 0 Å². The molecule has 0 unspecified atom stereocenters. The van der Waals surface area contributed by atoms with Gasteiger partial charge in [-0.05, 0) is 31.2 Å². The van der Waals surface area contributed by atoms with Crippen LogP contribution in [0.3, 0.4) is 0 Å². The molecule has 1 heterocycles. The Bertz CT molecular complexity index is 530. The molecule has 2 rings (SSSR count). The molecule has 0 N–H and O–H groups in total. The summed E-state index contributed by atoms with van der Waals surface area (Å²) in [4.78, 5) is 0. The van der Waals surface area contributed by atoms with Gasteiger partial charge >= 0.3 is 0 Å². The van der Waals surface area contributed by atoms with E-state index in [4.69, 9.17) is 9.15 Å². The summed E-state index contributed by atoms with van der Waals surface area (Å²) >= 11 is 0. The van der Waals surface area contributed by atoms with E-state index >= 15 is 0 Å². The van der Waals surface area contributed by atoms with E-state index in [-0.39, 0.29) is 0 Å². The molecule has 20 heavy (non-hydrogen) atoms. The highest BCUT2D eigenvalue weighted by Gasteiger charge is 1.99. The first kappa shape index (κ1) is 16.1. The lowest BCUT2D eigenvalue weighted by Crippen LogP contribution is -1.88. The summed E-state index contributed by atoms with van der Waals surface area (Å²) in [6.45, 7) is 7.38. The van der Waals surface area contributed by atoms with Gasteiger partial charge in [-0.15, -0.1) is 0 Å². The normalized spacial score (nSPS) is 9.15. The first-order valence-corrected chi connectivity index (χ1v) is 7.02. The molecule has 1 aromatic carbocycles. The van der Waals surface area contributed by atoms with Crippen LogP contribution in [-0.4, -0.2) is 13.2 Å². The van der Waals surface area contributed by atoms with Gasteiger partial charge < -0.3 is 9.15 Å². The monoisotopic (exact) mass is 270 g/mol. The highest BCUT2D eigenvalue weighted by Crippen LogP contribution is 2.20. The van der Waals surface area contributed by atoms with E-state index in [1.165, 1.54) is 6.42 Å². The first-order valence-electron chi connectivity index (χ1n) is 7.02. The fourth-order valence-electron chi connectivity index (χ4n) is 1.48. The average Bonchev–Trinajstić information content (AvgIpc) is 2.99. The predicted molar refractivity (Wildman–Crippen MR) is 83.5 cm³/mol. The number of rotatable bonds is 3. The zero-order chi connectivity index (χ0) is 14.6. The van der Waals surface area contributed by atoms with Crippen LogP contribution in [0.1, 0.15) is 32.8 Å². The van der Waals surface area contributed by atoms with Crippen LogP contribution >= 0.6 is 0 Å². The molecule has 0 saturated carbocycles. The van der Waals surface area contributed by atoms with Crippen molar-refractivity contribution in [2.45, 2.75) is 27.2 Å². The van der Waals surface area contributed by atoms with Gasteiger partial charge in [-0.2, -0.15) is 0 Å². The minimum Gasteiger partial charge on any atom is -0.464 e. The summed E-state index contributed by atoms with van der Waals surface area (Å²) in [5.41, 5.74) is 2.01. The summed E-state index contributed by atoms with van der Waals surface area (Å²) < 4.78 is 10.5. The van der Waals surface area contributed by atoms with Crippen molar-refractivity contribution >= 4 is 0 Å². The molecule has 0 atom stereocenters. The number of ether oxygens (including phenoxy) is 1. The summed E-state index contributed by atoms with van der Waals surface area (Å²) in [5.74, 6) is 6.90. The molecule has 0 aliphatic carbocycles. The Morgan fingerprint density at radius 2 is 1.90 bits per heavy atom. The average molecular weight is 270 g/mol. The third-order valence-electron chi connectivity index (χ3n) is 2.28. The molecular weight excluding hydrogens is 248 g/mol. The highest BCUT2D eigenvalue weighted by atomic mass is 16.5. The van der Waals surface area contributed by atoms with Crippen LogP contribution in [0.25, 0.3) is 11.3 Å². The van der Waals surface area contributed by atoms with Gasteiger partial charge in [-0.25, -0.2) is 0 Å². The van der Waals surface area contributed by atoms with Crippen molar-refractivity contribution in [1.82, 2.24) is 0 Å². The van der Waals surface area contributed by atoms with E-state index in [9.17, 15) is 0 Å². The molecule has 0 fully saturated rings. The maximum absolute atomic E-state index is 5.34. The van der Waals surface area contributed by atoms with Crippen LogP contribution in [0, 0.1) is 11.8 Å². The molecule has 0 aliphatic heterocycles. The maximum atomic E-state index is 5.34. The molecule has 0 bridgehead atoms. The molecule has 0 aliphatic rings. The minimum atomic E-state index is 0.474. The van der Waals surface area contributed by atoms with E-state index in [1.54, 1.807) is 6.26 Å². The van der Waals surface area contributed by atoms with Crippen molar-refractivity contribution in [2.24, 2.45) is 0 Å². The number of hydrogen-bond donors (Lipinski definition) is 0. The molecule has 2 aromatic rings. The molecule has 0 saturated heterocycles. The molecule has 0 spiro atoms. The Kier molecular flexibility index (Phi) is 7.95. The maximum Gasteiger partial charge on any atom is 0.133 e. The summed E-state index contributed by atoms with van der Waals surface area (Å²) in [5, 5.41) is 0. The van der Waals surface area contributed by atoms with Crippen LogP contribution in [0.15, 0.2) is 47.1 Å². The van der Waals surface area contributed by atoms with Crippen molar-refractivity contribution in [1.29, 1.82) is 0 Å². The standard InChI is InChI=1S/C15H14O2.C3H8/c1-2-16-10-4-7-13-6-3-8-14(12-13)15-9-5-11-17-15;1-3-2/h3,5-6,8-9,11-12H,2,10H2,1H3;3H2,1-2H3. The van der Waals surface area contributed by atoms with Crippen LogP contribution < -0.4 is 0 Å². The largest absolute Gasteiger partial charge is 0.464 e. The topological polar surface area (TPSA) is 22.4 Å². The second-order valence-electron chi connectivity index (χ2n) is 4.20. The predicted octanol–water partition coefficient (Wildman–Crippen LogP) is 4.75. The van der Waals surface area contributed by atoms with Gasteiger partial charge in [0.1, 0.15) is 12.4 Å². The van der Waals surface area contributed by atoms with Crippen molar-refractivity contribution < 1.29 is 9.15 Å². The van der Waals surface area contributed by atoms with E-state index in [0.29, 0.717) is 13.2 Å². The Morgan fingerprint density at radius 3 is 2.55 bits per heavy atom. The SMILES string of the molecule is CCC.CCOCC#Cc1cccc(-c2ccco2)c1. The zero-order valence-electron chi connectivity index (χ0n) is 12.5. The smallest absolute Gasteiger partial charge is 0.133 e. The van der Waals surface area contributed by atoms with Crippen molar-refractivity contribution in [3.05, 3.63) is 48.2 Å². The molecular formula is C18H22O2. The van der Waals surface area contributed by atoms with E-state index in [1.807, 2.05) is 43.3 Å². The summed E-state index contributed by atoms with van der Waals surface area (Å²) in [6, 6.07) is 11.8. The molecule has 1 aromatic heterocycles. The first-order chi connectivity index (χ1) is 9.81. The van der Waals surface area contributed by atoms with Crippen LogP contribution in [0.5, 0.6) is 0 Å². The Morgan fingerprint density at radius 1 is 1.10 bits per heavy atom. The third-order valence-corrected chi connectivity index (χ3v) is 2.28. The van der Waals surface area contributed by atoms with Crippen molar-refractivity contribution in [2.75, 3.05) is 13.2 Å². The van der Waals surface area contributed by atoms with Gasteiger partial charge in [0.15, 0.2) is 0 Å². The molecule has 2 nitrogen and oxygen atoms in total. The summed E-state index contributed by atoms with van der Waals surface area (Å²) in [6.07, 6.45) is 2.92. The van der Waals surface area contributed by atoms with Gasteiger partial charge in [0.2, 0.25) is 0 Å². The van der Waals surface area contributed by atoms with Crippen molar-refractivity contribution in [3.8, 4) is 23.2 Å².